The Hall–Kier alpha value is -2.10. The first-order valence-corrected chi connectivity index (χ1v) is 10.3. The maximum Gasteiger partial charge on any atom is 0.291 e. The van der Waals surface area contributed by atoms with Gasteiger partial charge in [-0.05, 0) is 37.7 Å². The van der Waals surface area contributed by atoms with Crippen LogP contribution >= 0.6 is 23.6 Å². The summed E-state index contributed by atoms with van der Waals surface area (Å²) in [5.74, 6) is 0.647. The second-order valence-electron chi connectivity index (χ2n) is 6.93. The summed E-state index contributed by atoms with van der Waals surface area (Å²) in [4.78, 5) is 19.9. The second-order valence-corrected chi connectivity index (χ2v) is 8.34. The maximum absolute atomic E-state index is 11.8. The lowest BCUT2D eigenvalue weighted by Crippen LogP contribution is -3.08. The van der Waals surface area contributed by atoms with Crippen LogP contribution in [0.4, 0.5) is 0 Å². The molecule has 1 aliphatic heterocycles. The van der Waals surface area contributed by atoms with Crippen LogP contribution in [0.2, 0.25) is 0 Å². The molecule has 1 unspecified atom stereocenters. The van der Waals surface area contributed by atoms with Gasteiger partial charge in [0, 0.05) is 13.0 Å². The predicted octanol–water partition coefficient (Wildman–Crippen LogP) is 2.17. The van der Waals surface area contributed by atoms with Gasteiger partial charge in [-0.2, -0.15) is 4.68 Å². The molecule has 1 amide bonds. The number of likely N-dealkylation sites (tertiary alicyclic amines) is 1. The number of quaternary nitrogens is 1. The van der Waals surface area contributed by atoms with Gasteiger partial charge in [0.05, 0.1) is 23.8 Å². The molecule has 0 spiro atoms. The van der Waals surface area contributed by atoms with Crippen LogP contribution in [0, 0.1) is 4.84 Å². The zero-order valence-corrected chi connectivity index (χ0v) is 17.0. The summed E-state index contributed by atoms with van der Waals surface area (Å²) in [5, 5.41) is 5.57. The van der Waals surface area contributed by atoms with Gasteiger partial charge in [0.1, 0.15) is 6.04 Å². The highest BCUT2D eigenvalue weighted by molar-refractivity contribution is 7.71. The van der Waals surface area contributed by atoms with Gasteiger partial charge in [0.2, 0.25) is 11.8 Å². The van der Waals surface area contributed by atoms with E-state index < -0.39 is 0 Å². The smallest absolute Gasteiger partial charge is 0.291 e. The second kappa shape index (κ2) is 7.49. The van der Waals surface area contributed by atoms with Crippen molar-refractivity contribution in [3.05, 3.63) is 40.0 Å². The first-order chi connectivity index (χ1) is 13.0. The molecule has 7 nitrogen and oxygen atoms in total. The van der Waals surface area contributed by atoms with Crippen molar-refractivity contribution in [3.63, 3.8) is 0 Å². The third-order valence-electron chi connectivity index (χ3n) is 4.96. The molecular formula is C18H22N5O2S2+. The molecule has 27 heavy (non-hydrogen) atoms. The number of thiazole rings is 1. The fourth-order valence-corrected chi connectivity index (χ4v) is 4.52. The number of carbonyl (C=O) groups excluding carboxylic acids is 1. The van der Waals surface area contributed by atoms with Crippen molar-refractivity contribution in [1.82, 2.24) is 19.7 Å². The summed E-state index contributed by atoms with van der Waals surface area (Å²) in [6.45, 7) is 3.88. The van der Waals surface area contributed by atoms with Crippen molar-refractivity contribution >= 4 is 39.7 Å². The van der Waals surface area contributed by atoms with E-state index in [1.807, 2.05) is 18.2 Å². The molecule has 3 heterocycles. The first kappa shape index (κ1) is 18.3. The molecule has 142 valence electrons. The van der Waals surface area contributed by atoms with Crippen molar-refractivity contribution < 1.29 is 14.1 Å². The third-order valence-corrected chi connectivity index (χ3v) is 6.48. The highest BCUT2D eigenvalue weighted by Crippen LogP contribution is 2.24. The fraction of sp³-hybridized carbons (Fsp3) is 0.444. The highest BCUT2D eigenvalue weighted by atomic mass is 32.1. The first-order valence-electron chi connectivity index (χ1n) is 9.03. The van der Waals surface area contributed by atoms with Crippen LogP contribution < -0.4 is 4.90 Å². The Morgan fingerprint density at radius 2 is 2.22 bits per heavy atom. The van der Waals surface area contributed by atoms with Gasteiger partial charge in [-0.15, -0.1) is 16.4 Å². The van der Waals surface area contributed by atoms with Crippen LogP contribution in [0.1, 0.15) is 36.7 Å². The Labute approximate surface area is 166 Å². The number of fused-ring (bicyclic) bond motifs is 1. The normalized spacial score (nSPS) is 17.0. The largest absolute Gasteiger partial charge is 0.412 e. The van der Waals surface area contributed by atoms with Crippen molar-refractivity contribution in [1.29, 1.82) is 0 Å². The summed E-state index contributed by atoms with van der Waals surface area (Å²) in [6.07, 6.45) is 1.50. The summed E-state index contributed by atoms with van der Waals surface area (Å²) in [5.41, 5.74) is 1.03. The zero-order valence-electron chi connectivity index (χ0n) is 15.3. The third kappa shape index (κ3) is 3.80. The quantitative estimate of drug-likeness (QED) is 0.638. The molecule has 0 saturated carbocycles. The Morgan fingerprint density at radius 3 is 2.96 bits per heavy atom. The molecule has 2 aromatic heterocycles. The number of nitrogens with zero attached hydrogens (tertiary/aromatic N) is 4. The lowest BCUT2D eigenvalue weighted by Gasteiger charge is -2.19. The van der Waals surface area contributed by atoms with E-state index in [2.05, 4.69) is 25.1 Å². The SMILES string of the molecule is C[C@@H](c1nc2ccccc2s1)[NH+](C)Cn1nc(CN2CCCC2=O)oc1=S. The van der Waals surface area contributed by atoms with Crippen molar-refractivity contribution in [2.24, 2.45) is 0 Å². The molecular weight excluding hydrogens is 382 g/mol. The number of para-hydroxylation sites is 1. The molecule has 1 N–H and O–H groups in total. The average molecular weight is 405 g/mol. The number of amides is 1. The maximum atomic E-state index is 11.8. The molecule has 1 aromatic carbocycles. The van der Waals surface area contributed by atoms with Crippen molar-refractivity contribution in [2.75, 3.05) is 13.6 Å². The van der Waals surface area contributed by atoms with Crippen LogP contribution in [0.25, 0.3) is 10.2 Å². The monoisotopic (exact) mass is 404 g/mol. The van der Waals surface area contributed by atoms with E-state index in [0.29, 0.717) is 30.4 Å². The van der Waals surface area contributed by atoms with Crippen LogP contribution in [0.5, 0.6) is 0 Å². The highest BCUT2D eigenvalue weighted by Gasteiger charge is 2.24. The fourth-order valence-electron chi connectivity index (χ4n) is 3.21. The van der Waals surface area contributed by atoms with E-state index in [1.165, 1.54) is 9.60 Å². The molecule has 0 aliphatic carbocycles. The summed E-state index contributed by atoms with van der Waals surface area (Å²) in [7, 11) is 2.09. The summed E-state index contributed by atoms with van der Waals surface area (Å²) >= 11 is 7.04. The van der Waals surface area contributed by atoms with Crippen molar-refractivity contribution in [2.45, 2.75) is 39.0 Å². The predicted molar refractivity (Wildman–Crippen MR) is 105 cm³/mol. The molecule has 9 heteroatoms. The molecule has 0 radical (unpaired) electrons. The number of carbonyl (C=O) groups is 1. The lowest BCUT2D eigenvalue weighted by atomic mass is 10.3. The number of rotatable bonds is 6. The number of nitrogens with one attached hydrogen (secondary N) is 1. The topological polar surface area (TPSA) is 68.6 Å². The van der Waals surface area contributed by atoms with Crippen LogP contribution in [-0.2, 0) is 18.0 Å². The molecule has 0 bridgehead atoms. The van der Waals surface area contributed by atoms with E-state index in [-0.39, 0.29) is 11.9 Å². The molecule has 1 saturated heterocycles. The van der Waals surface area contributed by atoms with E-state index in [9.17, 15) is 4.79 Å². The summed E-state index contributed by atoms with van der Waals surface area (Å²) in [6, 6.07) is 8.38. The minimum atomic E-state index is 0.151. The number of aromatic nitrogens is 3. The van der Waals surface area contributed by atoms with E-state index in [1.54, 1.807) is 20.9 Å². The van der Waals surface area contributed by atoms with Crippen LogP contribution in [-0.4, -0.2) is 39.2 Å². The van der Waals surface area contributed by atoms with Crippen molar-refractivity contribution in [3.8, 4) is 0 Å². The Morgan fingerprint density at radius 1 is 1.41 bits per heavy atom. The molecule has 2 atom stereocenters. The van der Waals surface area contributed by atoms with Gasteiger partial charge in [0.25, 0.3) is 4.84 Å². The van der Waals surface area contributed by atoms with Crippen LogP contribution in [0.3, 0.4) is 0 Å². The standard InChI is InChI=1S/C18H21N5O2S2/c1-12(17-19-13-6-3-4-7-14(13)27-17)21(2)11-23-18(26)25-15(20-23)10-22-9-5-8-16(22)24/h3-4,6-7,12H,5,8-11H2,1-2H3/p+1/t12-/m0/s1. The number of hydrogen-bond acceptors (Lipinski definition) is 6. The minimum absolute atomic E-state index is 0.151. The molecule has 1 fully saturated rings. The van der Waals surface area contributed by atoms with Crippen LogP contribution in [0.15, 0.2) is 28.7 Å². The van der Waals surface area contributed by atoms with Gasteiger partial charge in [-0.3, -0.25) is 4.79 Å². The van der Waals surface area contributed by atoms with E-state index in [0.717, 1.165) is 23.5 Å². The van der Waals surface area contributed by atoms with E-state index >= 15 is 0 Å². The molecule has 1 aliphatic rings. The Bertz CT molecular complexity index is 991. The summed E-state index contributed by atoms with van der Waals surface area (Å²) < 4.78 is 8.50. The van der Waals surface area contributed by atoms with Gasteiger partial charge in [-0.1, -0.05) is 12.1 Å². The van der Waals surface area contributed by atoms with Gasteiger partial charge < -0.3 is 14.2 Å². The molecule has 3 aromatic rings. The average Bonchev–Trinajstić information content (AvgIpc) is 3.34. The van der Waals surface area contributed by atoms with Gasteiger partial charge in [0.15, 0.2) is 11.7 Å². The molecule has 4 rings (SSSR count). The Kier molecular flexibility index (Phi) is 5.07. The number of benzene rings is 1. The lowest BCUT2D eigenvalue weighted by molar-refractivity contribution is -0.933. The Balaban J connectivity index is 1.46. The minimum Gasteiger partial charge on any atom is -0.412 e. The van der Waals surface area contributed by atoms with Gasteiger partial charge in [-0.25, -0.2) is 4.98 Å². The number of hydrogen-bond donors (Lipinski definition) is 1. The van der Waals surface area contributed by atoms with E-state index in [4.69, 9.17) is 21.6 Å². The zero-order chi connectivity index (χ0) is 19.0. The van der Waals surface area contributed by atoms with Gasteiger partial charge >= 0.3 is 0 Å².